The molecule has 0 bridgehead atoms. The van der Waals surface area contributed by atoms with Crippen molar-refractivity contribution in [3.63, 3.8) is 0 Å². The number of rotatable bonds is 4. The van der Waals surface area contributed by atoms with Crippen LogP contribution in [-0.2, 0) is 10.0 Å². The smallest absolute Gasteiger partial charge is 0.246 e. The minimum Gasteiger partial charge on any atom is -0.281 e. The highest BCUT2D eigenvalue weighted by Crippen LogP contribution is 2.28. The first-order chi connectivity index (χ1) is 8.96. The van der Waals surface area contributed by atoms with Crippen LogP contribution in [0.1, 0.15) is 44.0 Å². The van der Waals surface area contributed by atoms with Gasteiger partial charge in [0.05, 0.1) is 11.4 Å². The quantitative estimate of drug-likeness (QED) is 0.922. The molecule has 1 aliphatic heterocycles. The van der Waals surface area contributed by atoms with E-state index in [1.807, 2.05) is 0 Å². The van der Waals surface area contributed by atoms with Gasteiger partial charge in [-0.2, -0.15) is 9.40 Å². The van der Waals surface area contributed by atoms with E-state index < -0.39 is 10.0 Å². The second-order valence-corrected chi connectivity index (χ2v) is 7.27. The van der Waals surface area contributed by atoms with E-state index in [0.717, 1.165) is 12.8 Å². The molecular weight excluding hydrogens is 262 g/mol. The number of H-pyrrole nitrogens is 1. The van der Waals surface area contributed by atoms with Crippen LogP contribution in [-0.4, -0.2) is 36.0 Å². The Kier molecular flexibility index (Phi) is 4.30. The third-order valence-electron chi connectivity index (χ3n) is 3.93. The van der Waals surface area contributed by atoms with E-state index in [-0.39, 0.29) is 0 Å². The van der Waals surface area contributed by atoms with Gasteiger partial charge in [-0.15, -0.1) is 0 Å². The van der Waals surface area contributed by atoms with Crippen LogP contribution in [0.3, 0.4) is 0 Å². The van der Waals surface area contributed by atoms with Crippen LogP contribution in [0.2, 0.25) is 0 Å². The molecule has 2 rings (SSSR count). The average Bonchev–Trinajstić information content (AvgIpc) is 2.70. The summed E-state index contributed by atoms with van der Waals surface area (Å²) < 4.78 is 26.9. The molecule has 0 amide bonds. The number of nitrogens with zero attached hydrogens (tertiary/aromatic N) is 2. The summed E-state index contributed by atoms with van der Waals surface area (Å²) in [7, 11) is -3.38. The number of piperidine rings is 1. The zero-order valence-corrected chi connectivity index (χ0v) is 12.8. The number of sulfonamides is 1. The van der Waals surface area contributed by atoms with Crippen LogP contribution in [0.25, 0.3) is 0 Å². The van der Waals surface area contributed by atoms with Gasteiger partial charge in [0.25, 0.3) is 0 Å². The Morgan fingerprint density at radius 1 is 1.32 bits per heavy atom. The third kappa shape index (κ3) is 2.84. The molecule has 0 saturated carbocycles. The van der Waals surface area contributed by atoms with Gasteiger partial charge in [-0.3, -0.25) is 5.10 Å². The number of aromatic amines is 1. The van der Waals surface area contributed by atoms with Gasteiger partial charge in [-0.05, 0) is 32.6 Å². The number of hydrogen-bond donors (Lipinski definition) is 1. The Morgan fingerprint density at radius 3 is 2.42 bits per heavy atom. The molecule has 1 aromatic rings. The van der Waals surface area contributed by atoms with Crippen molar-refractivity contribution >= 4 is 10.0 Å². The normalized spacial score (nSPS) is 18.9. The molecule has 0 radical (unpaired) electrons. The summed E-state index contributed by atoms with van der Waals surface area (Å²) in [6.45, 7) is 6.95. The summed E-state index contributed by atoms with van der Waals surface area (Å²) in [5.74, 6) is 0.683. The summed E-state index contributed by atoms with van der Waals surface area (Å²) in [5, 5.41) is 6.75. The summed E-state index contributed by atoms with van der Waals surface area (Å²) in [6, 6.07) is 0. The highest BCUT2D eigenvalue weighted by atomic mass is 32.2. The van der Waals surface area contributed by atoms with Crippen molar-refractivity contribution in [2.24, 2.45) is 5.92 Å². The van der Waals surface area contributed by atoms with Crippen molar-refractivity contribution in [2.75, 3.05) is 13.1 Å². The molecule has 19 heavy (non-hydrogen) atoms. The Morgan fingerprint density at radius 2 is 1.95 bits per heavy atom. The van der Waals surface area contributed by atoms with Crippen LogP contribution in [0.15, 0.2) is 4.90 Å². The predicted octanol–water partition coefficient (Wildman–Crippen LogP) is 2.23. The molecule has 0 aliphatic carbocycles. The van der Waals surface area contributed by atoms with Gasteiger partial charge < -0.3 is 0 Å². The third-order valence-corrected chi connectivity index (χ3v) is 6.09. The molecule has 1 saturated heterocycles. The summed E-state index contributed by atoms with van der Waals surface area (Å²) in [4.78, 5) is 0.362. The maximum atomic E-state index is 12.6. The fraction of sp³-hybridized carbons (Fsp3) is 0.769. The molecule has 0 atom stereocenters. The van der Waals surface area contributed by atoms with E-state index in [1.54, 1.807) is 18.2 Å². The summed E-state index contributed by atoms with van der Waals surface area (Å²) in [6.07, 6.45) is 4.33. The van der Waals surface area contributed by atoms with Crippen molar-refractivity contribution < 1.29 is 8.42 Å². The lowest BCUT2D eigenvalue weighted by Gasteiger charge is -2.31. The summed E-state index contributed by atoms with van der Waals surface area (Å²) in [5.41, 5.74) is 1.20. The molecule has 1 N–H and O–H groups in total. The second-order valence-electron chi connectivity index (χ2n) is 5.40. The number of hydrogen-bond acceptors (Lipinski definition) is 3. The zero-order chi connectivity index (χ0) is 14.0. The van der Waals surface area contributed by atoms with Crippen LogP contribution in [0.4, 0.5) is 0 Å². The Hall–Kier alpha value is -0.880. The molecule has 108 valence electrons. The van der Waals surface area contributed by atoms with Gasteiger partial charge in [0.15, 0.2) is 0 Å². The molecule has 1 aromatic heterocycles. The topological polar surface area (TPSA) is 66.1 Å². The first kappa shape index (κ1) is 14.5. The van der Waals surface area contributed by atoms with E-state index in [4.69, 9.17) is 0 Å². The first-order valence-electron chi connectivity index (χ1n) is 6.98. The van der Waals surface area contributed by atoms with E-state index >= 15 is 0 Å². The fourth-order valence-electron chi connectivity index (χ4n) is 2.90. The maximum Gasteiger partial charge on any atom is 0.246 e. The maximum absolute atomic E-state index is 12.6. The molecular formula is C13H23N3O2S. The van der Waals surface area contributed by atoms with Crippen LogP contribution >= 0.6 is 0 Å². The Balaban J connectivity index is 2.15. The highest BCUT2D eigenvalue weighted by Gasteiger charge is 2.32. The van der Waals surface area contributed by atoms with Gasteiger partial charge >= 0.3 is 0 Å². The highest BCUT2D eigenvalue weighted by molar-refractivity contribution is 7.89. The minimum atomic E-state index is -3.38. The van der Waals surface area contributed by atoms with Crippen molar-refractivity contribution in [1.82, 2.24) is 14.5 Å². The monoisotopic (exact) mass is 285 g/mol. The second kappa shape index (κ2) is 5.63. The SMILES string of the molecule is CCCC1CCN(S(=O)(=O)c2c(C)n[nH]c2C)CC1. The molecule has 6 heteroatoms. The van der Waals surface area contributed by atoms with E-state index in [9.17, 15) is 8.42 Å². The lowest BCUT2D eigenvalue weighted by Crippen LogP contribution is -2.38. The minimum absolute atomic E-state index is 0.362. The van der Waals surface area contributed by atoms with Crippen molar-refractivity contribution in [1.29, 1.82) is 0 Å². The fourth-order valence-corrected chi connectivity index (χ4v) is 4.70. The predicted molar refractivity (Wildman–Crippen MR) is 74.5 cm³/mol. The van der Waals surface area contributed by atoms with Crippen molar-refractivity contribution in [3.05, 3.63) is 11.4 Å². The largest absolute Gasteiger partial charge is 0.281 e. The number of nitrogens with one attached hydrogen (secondary N) is 1. The van der Waals surface area contributed by atoms with E-state index in [0.29, 0.717) is 35.3 Å². The van der Waals surface area contributed by atoms with Gasteiger partial charge in [0, 0.05) is 13.1 Å². The van der Waals surface area contributed by atoms with E-state index in [1.165, 1.54) is 12.8 Å². The molecule has 0 aromatic carbocycles. The standard InChI is InChI=1S/C13H23N3O2S/c1-4-5-12-6-8-16(9-7-12)19(17,18)13-10(2)14-15-11(13)3/h12H,4-9H2,1-3H3,(H,14,15). The molecule has 2 heterocycles. The van der Waals surface area contributed by atoms with Crippen molar-refractivity contribution in [2.45, 2.75) is 51.3 Å². The first-order valence-corrected chi connectivity index (χ1v) is 8.42. The molecule has 1 aliphatic rings. The molecule has 5 nitrogen and oxygen atoms in total. The van der Waals surface area contributed by atoms with Gasteiger partial charge in [-0.25, -0.2) is 8.42 Å². The lowest BCUT2D eigenvalue weighted by atomic mass is 9.94. The van der Waals surface area contributed by atoms with E-state index in [2.05, 4.69) is 17.1 Å². The number of aromatic nitrogens is 2. The van der Waals surface area contributed by atoms with Crippen molar-refractivity contribution in [3.8, 4) is 0 Å². The summed E-state index contributed by atoms with van der Waals surface area (Å²) >= 11 is 0. The average molecular weight is 285 g/mol. The van der Waals surface area contributed by atoms with Gasteiger partial charge in [0.1, 0.15) is 4.90 Å². The van der Waals surface area contributed by atoms with Gasteiger partial charge in [0.2, 0.25) is 10.0 Å². The van der Waals surface area contributed by atoms with Crippen LogP contribution < -0.4 is 0 Å². The zero-order valence-electron chi connectivity index (χ0n) is 11.9. The Bertz CT molecular complexity index is 509. The molecule has 1 fully saturated rings. The van der Waals surface area contributed by atoms with Crippen LogP contribution in [0, 0.1) is 19.8 Å². The number of aryl methyl sites for hydroxylation is 2. The lowest BCUT2D eigenvalue weighted by molar-refractivity contribution is 0.262. The molecule has 0 spiro atoms. The Labute approximate surface area is 115 Å². The van der Waals surface area contributed by atoms with Gasteiger partial charge in [-0.1, -0.05) is 19.8 Å². The van der Waals surface area contributed by atoms with Crippen LogP contribution in [0.5, 0.6) is 0 Å². The molecule has 0 unspecified atom stereocenters.